The number of hydrogen-bond donors (Lipinski definition) is 1. The molecule has 4 heteroatoms. The highest BCUT2D eigenvalue weighted by Gasteiger charge is 2.23. The molecule has 0 fully saturated rings. The fourth-order valence-corrected chi connectivity index (χ4v) is 2.52. The average molecular weight is 287 g/mol. The predicted molar refractivity (Wildman–Crippen MR) is 80.7 cm³/mol. The second-order valence-corrected chi connectivity index (χ2v) is 5.00. The van der Waals surface area contributed by atoms with E-state index in [1.54, 1.807) is 6.07 Å². The SMILES string of the molecule is CCOc1ccc(NCC2COc3ccccc32)cc1F. The van der Waals surface area contributed by atoms with Crippen LogP contribution in [0.3, 0.4) is 0 Å². The van der Waals surface area contributed by atoms with Crippen LogP contribution in [0.4, 0.5) is 10.1 Å². The van der Waals surface area contributed by atoms with E-state index in [4.69, 9.17) is 9.47 Å². The van der Waals surface area contributed by atoms with E-state index < -0.39 is 0 Å². The smallest absolute Gasteiger partial charge is 0.167 e. The predicted octanol–water partition coefficient (Wildman–Crippen LogP) is 3.81. The van der Waals surface area contributed by atoms with E-state index in [0.29, 0.717) is 19.8 Å². The van der Waals surface area contributed by atoms with Gasteiger partial charge in [-0.1, -0.05) is 18.2 Å². The zero-order chi connectivity index (χ0) is 14.7. The molecule has 0 aliphatic carbocycles. The van der Waals surface area contributed by atoms with Crippen molar-refractivity contribution >= 4 is 5.69 Å². The number of anilines is 1. The van der Waals surface area contributed by atoms with Gasteiger partial charge >= 0.3 is 0 Å². The highest BCUT2D eigenvalue weighted by atomic mass is 19.1. The third-order valence-electron chi connectivity index (χ3n) is 3.58. The van der Waals surface area contributed by atoms with E-state index in [2.05, 4.69) is 11.4 Å². The summed E-state index contributed by atoms with van der Waals surface area (Å²) >= 11 is 0. The van der Waals surface area contributed by atoms with E-state index >= 15 is 0 Å². The highest BCUT2D eigenvalue weighted by Crippen LogP contribution is 2.33. The van der Waals surface area contributed by atoms with Gasteiger partial charge in [0.2, 0.25) is 0 Å². The van der Waals surface area contributed by atoms with Crippen molar-refractivity contribution in [3.8, 4) is 11.5 Å². The van der Waals surface area contributed by atoms with Gasteiger partial charge in [0.15, 0.2) is 11.6 Å². The number of hydrogen-bond acceptors (Lipinski definition) is 3. The Balaban J connectivity index is 1.65. The number of nitrogens with one attached hydrogen (secondary N) is 1. The monoisotopic (exact) mass is 287 g/mol. The average Bonchev–Trinajstić information content (AvgIpc) is 2.91. The van der Waals surface area contributed by atoms with Crippen molar-refractivity contribution in [3.05, 3.63) is 53.8 Å². The van der Waals surface area contributed by atoms with E-state index in [1.165, 1.54) is 11.6 Å². The first-order valence-electron chi connectivity index (χ1n) is 7.16. The molecule has 0 bridgehead atoms. The molecule has 1 heterocycles. The Morgan fingerprint density at radius 2 is 2.14 bits per heavy atom. The summed E-state index contributed by atoms with van der Waals surface area (Å²) in [5.74, 6) is 1.18. The molecule has 1 aliphatic rings. The fraction of sp³-hybridized carbons (Fsp3) is 0.294. The van der Waals surface area contributed by atoms with Crippen molar-refractivity contribution in [1.29, 1.82) is 0 Å². The van der Waals surface area contributed by atoms with Crippen LogP contribution in [0.1, 0.15) is 18.4 Å². The van der Waals surface area contributed by atoms with Gasteiger partial charge in [0, 0.05) is 29.8 Å². The zero-order valence-corrected chi connectivity index (χ0v) is 11.9. The topological polar surface area (TPSA) is 30.5 Å². The van der Waals surface area contributed by atoms with E-state index in [-0.39, 0.29) is 17.5 Å². The minimum absolute atomic E-state index is 0.288. The van der Waals surface area contributed by atoms with Crippen molar-refractivity contribution in [3.63, 3.8) is 0 Å². The van der Waals surface area contributed by atoms with Crippen molar-refractivity contribution in [1.82, 2.24) is 0 Å². The number of halogens is 1. The zero-order valence-electron chi connectivity index (χ0n) is 11.9. The third kappa shape index (κ3) is 2.94. The van der Waals surface area contributed by atoms with Crippen LogP contribution in [0.5, 0.6) is 11.5 Å². The van der Waals surface area contributed by atoms with Crippen LogP contribution < -0.4 is 14.8 Å². The number of rotatable bonds is 5. The lowest BCUT2D eigenvalue weighted by Gasteiger charge is -2.13. The first-order chi connectivity index (χ1) is 10.3. The molecule has 1 unspecified atom stereocenters. The molecule has 3 nitrogen and oxygen atoms in total. The Morgan fingerprint density at radius 1 is 1.29 bits per heavy atom. The fourth-order valence-electron chi connectivity index (χ4n) is 2.52. The van der Waals surface area contributed by atoms with Crippen LogP contribution in [0.2, 0.25) is 0 Å². The molecule has 2 aromatic carbocycles. The summed E-state index contributed by atoms with van der Waals surface area (Å²) in [4.78, 5) is 0. The lowest BCUT2D eigenvalue weighted by Crippen LogP contribution is -2.14. The minimum atomic E-state index is -0.343. The number of ether oxygens (including phenoxy) is 2. The molecule has 3 rings (SSSR count). The van der Waals surface area contributed by atoms with Gasteiger partial charge < -0.3 is 14.8 Å². The molecule has 110 valence electrons. The standard InChI is InChI=1S/C17H18FNO2/c1-2-20-17-8-7-13(9-15(17)18)19-10-12-11-21-16-6-4-3-5-14(12)16/h3-9,12,19H,2,10-11H2,1H3. The second-order valence-electron chi connectivity index (χ2n) is 5.00. The van der Waals surface area contributed by atoms with Gasteiger partial charge in [0.1, 0.15) is 5.75 Å². The molecule has 0 saturated carbocycles. The van der Waals surface area contributed by atoms with Crippen LogP contribution in [0, 0.1) is 5.82 Å². The molecule has 1 atom stereocenters. The summed E-state index contributed by atoms with van der Waals surface area (Å²) in [6.45, 7) is 3.67. The van der Waals surface area contributed by atoms with Crippen molar-refractivity contribution < 1.29 is 13.9 Å². The molecule has 1 aliphatic heterocycles. The van der Waals surface area contributed by atoms with Crippen LogP contribution in [-0.2, 0) is 0 Å². The Hall–Kier alpha value is -2.23. The molecule has 0 radical (unpaired) electrons. The van der Waals surface area contributed by atoms with Gasteiger partial charge in [-0.25, -0.2) is 4.39 Å². The quantitative estimate of drug-likeness (QED) is 0.907. The number of benzene rings is 2. The molecular formula is C17H18FNO2. The van der Waals surface area contributed by atoms with Gasteiger partial charge in [0.05, 0.1) is 13.2 Å². The van der Waals surface area contributed by atoms with E-state index in [0.717, 1.165) is 11.4 Å². The van der Waals surface area contributed by atoms with Gasteiger partial charge in [-0.2, -0.15) is 0 Å². The summed E-state index contributed by atoms with van der Waals surface area (Å²) < 4.78 is 24.6. The van der Waals surface area contributed by atoms with Gasteiger partial charge in [-0.05, 0) is 25.1 Å². The van der Waals surface area contributed by atoms with Crippen LogP contribution in [-0.4, -0.2) is 19.8 Å². The molecule has 0 spiro atoms. The Morgan fingerprint density at radius 3 is 2.95 bits per heavy atom. The van der Waals surface area contributed by atoms with Gasteiger partial charge in [0.25, 0.3) is 0 Å². The number of para-hydroxylation sites is 1. The maximum Gasteiger partial charge on any atom is 0.167 e. The summed E-state index contributed by atoms with van der Waals surface area (Å²) in [6, 6.07) is 13.0. The molecule has 0 saturated heterocycles. The molecular weight excluding hydrogens is 269 g/mol. The van der Waals surface area contributed by atoms with Crippen LogP contribution in [0.25, 0.3) is 0 Å². The van der Waals surface area contributed by atoms with Crippen molar-refractivity contribution in [2.45, 2.75) is 12.8 Å². The van der Waals surface area contributed by atoms with E-state index in [9.17, 15) is 4.39 Å². The lowest BCUT2D eigenvalue weighted by molar-refractivity contribution is 0.321. The molecule has 1 N–H and O–H groups in total. The Labute approximate surface area is 123 Å². The maximum atomic E-state index is 13.8. The second kappa shape index (κ2) is 6.04. The molecule has 0 aromatic heterocycles. The Kier molecular flexibility index (Phi) is 3.95. The summed E-state index contributed by atoms with van der Waals surface area (Å²) in [5, 5.41) is 3.26. The maximum absolute atomic E-state index is 13.8. The molecule has 0 amide bonds. The first kappa shape index (κ1) is 13.7. The van der Waals surface area contributed by atoms with Crippen molar-refractivity contribution in [2.24, 2.45) is 0 Å². The molecule has 21 heavy (non-hydrogen) atoms. The van der Waals surface area contributed by atoms with Crippen molar-refractivity contribution in [2.75, 3.05) is 25.1 Å². The highest BCUT2D eigenvalue weighted by molar-refractivity contribution is 5.48. The third-order valence-corrected chi connectivity index (χ3v) is 3.58. The van der Waals surface area contributed by atoms with Gasteiger partial charge in [-0.3, -0.25) is 0 Å². The minimum Gasteiger partial charge on any atom is -0.493 e. The van der Waals surface area contributed by atoms with Crippen LogP contribution in [0.15, 0.2) is 42.5 Å². The summed E-state index contributed by atoms with van der Waals surface area (Å²) in [7, 11) is 0. The lowest BCUT2D eigenvalue weighted by atomic mass is 10.0. The van der Waals surface area contributed by atoms with E-state index in [1.807, 2.05) is 31.2 Å². The van der Waals surface area contributed by atoms with Crippen LogP contribution >= 0.6 is 0 Å². The normalized spacial score (nSPS) is 16.2. The first-order valence-corrected chi connectivity index (χ1v) is 7.16. The largest absolute Gasteiger partial charge is 0.493 e. The van der Waals surface area contributed by atoms with Gasteiger partial charge in [-0.15, -0.1) is 0 Å². The summed E-state index contributed by atoms with van der Waals surface area (Å²) in [6.07, 6.45) is 0. The number of fused-ring (bicyclic) bond motifs is 1. The summed E-state index contributed by atoms with van der Waals surface area (Å²) in [5.41, 5.74) is 1.96. The Bertz CT molecular complexity index is 630. The molecule has 2 aromatic rings.